The van der Waals surface area contributed by atoms with Crippen molar-refractivity contribution in [2.45, 2.75) is 13.3 Å². The Bertz CT molecular complexity index is 528. The molecule has 20 heavy (non-hydrogen) atoms. The highest BCUT2D eigenvalue weighted by molar-refractivity contribution is 8.13. The Kier molecular flexibility index (Phi) is 4.79. The average Bonchev–Trinajstić information content (AvgIpc) is 2.42. The lowest BCUT2D eigenvalue weighted by Crippen LogP contribution is -2.40. The van der Waals surface area contributed by atoms with Crippen molar-refractivity contribution in [1.29, 1.82) is 0 Å². The molecule has 0 aromatic heterocycles. The highest BCUT2D eigenvalue weighted by Gasteiger charge is 2.26. The number of rotatable bonds is 5. The second kappa shape index (κ2) is 6.56. The molecular weight excluding hydrogens is 278 g/mol. The van der Waals surface area contributed by atoms with E-state index in [1.165, 1.54) is 11.8 Å². The summed E-state index contributed by atoms with van der Waals surface area (Å²) < 4.78 is 5.52. The zero-order valence-electron chi connectivity index (χ0n) is 11.1. The molecule has 0 radical (unpaired) electrons. The third kappa shape index (κ3) is 3.39. The van der Waals surface area contributed by atoms with Crippen LogP contribution < -0.4 is 4.74 Å². The third-order valence-corrected chi connectivity index (χ3v) is 3.78. The molecule has 106 valence electrons. The molecule has 0 atom stereocenters. The number of para-hydroxylation sites is 1. The van der Waals surface area contributed by atoms with Crippen LogP contribution in [0.1, 0.15) is 23.7 Å². The first-order chi connectivity index (χ1) is 9.59. The monoisotopic (exact) mass is 293 g/mol. The summed E-state index contributed by atoms with van der Waals surface area (Å²) in [5.74, 6) is 0.769. The predicted octanol–water partition coefficient (Wildman–Crippen LogP) is 2.35. The van der Waals surface area contributed by atoms with E-state index in [1.54, 1.807) is 24.3 Å². The number of benzene rings is 1. The van der Waals surface area contributed by atoms with Gasteiger partial charge in [0.2, 0.25) is 5.91 Å². The first-order valence-corrected chi connectivity index (χ1v) is 7.28. The molecular formula is C14H15NO4S. The lowest BCUT2D eigenvalue weighted by atomic mass is 10.1. The largest absolute Gasteiger partial charge is 0.491 e. The molecule has 1 aliphatic rings. The second-order valence-electron chi connectivity index (χ2n) is 4.31. The van der Waals surface area contributed by atoms with Gasteiger partial charge in [0.25, 0.3) is 5.24 Å². The van der Waals surface area contributed by atoms with Crippen LogP contribution in [0.4, 0.5) is 4.79 Å². The van der Waals surface area contributed by atoms with Crippen LogP contribution in [-0.2, 0) is 4.79 Å². The van der Waals surface area contributed by atoms with Crippen molar-refractivity contribution in [1.82, 2.24) is 4.90 Å². The van der Waals surface area contributed by atoms with Crippen LogP contribution >= 0.6 is 11.8 Å². The molecule has 1 saturated heterocycles. The minimum absolute atomic E-state index is 0.0821. The smallest absolute Gasteiger partial charge is 0.288 e. The topological polar surface area (TPSA) is 63.7 Å². The van der Waals surface area contributed by atoms with Gasteiger partial charge in [-0.2, -0.15) is 0 Å². The Hall–Kier alpha value is -1.82. The van der Waals surface area contributed by atoms with E-state index in [4.69, 9.17) is 4.74 Å². The fourth-order valence-electron chi connectivity index (χ4n) is 1.89. The molecule has 0 unspecified atom stereocenters. The maximum absolute atomic E-state index is 11.6. The molecule has 0 saturated carbocycles. The van der Waals surface area contributed by atoms with Crippen molar-refractivity contribution in [3.05, 3.63) is 29.8 Å². The lowest BCUT2D eigenvalue weighted by molar-refractivity contribution is -0.127. The summed E-state index contributed by atoms with van der Waals surface area (Å²) in [6.45, 7) is 1.86. The number of Topliss-reactive ketones (excluding diaryl/α,β-unsaturated/α-hetero) is 1. The molecule has 0 aliphatic carbocycles. The van der Waals surface area contributed by atoms with Crippen molar-refractivity contribution in [2.24, 2.45) is 0 Å². The summed E-state index contributed by atoms with van der Waals surface area (Å²) in [6.07, 6.45) is 0.375. The maximum Gasteiger partial charge on any atom is 0.288 e. The molecule has 6 heteroatoms. The van der Waals surface area contributed by atoms with Gasteiger partial charge in [-0.15, -0.1) is 0 Å². The van der Waals surface area contributed by atoms with E-state index in [2.05, 4.69) is 0 Å². The number of nitrogens with zero attached hydrogens (tertiary/aromatic N) is 1. The molecule has 2 amide bonds. The van der Waals surface area contributed by atoms with E-state index in [1.807, 2.05) is 0 Å². The summed E-state index contributed by atoms with van der Waals surface area (Å²) in [6, 6.07) is 6.92. The van der Waals surface area contributed by atoms with Crippen molar-refractivity contribution in [3.8, 4) is 5.75 Å². The lowest BCUT2D eigenvalue weighted by Gasteiger charge is -2.24. The van der Waals surface area contributed by atoms with Gasteiger partial charge >= 0.3 is 0 Å². The number of carbonyl (C=O) groups is 3. The number of carbonyl (C=O) groups excluding carboxylic acids is 3. The van der Waals surface area contributed by atoms with E-state index >= 15 is 0 Å². The van der Waals surface area contributed by atoms with Crippen LogP contribution in [0, 0.1) is 0 Å². The molecule has 1 aromatic rings. The highest BCUT2D eigenvalue weighted by Crippen LogP contribution is 2.20. The normalized spacial score (nSPS) is 15.3. The van der Waals surface area contributed by atoms with Gasteiger partial charge in [-0.1, -0.05) is 23.9 Å². The Morgan fingerprint density at radius 3 is 2.80 bits per heavy atom. The minimum atomic E-state index is -0.232. The van der Waals surface area contributed by atoms with E-state index < -0.39 is 0 Å². The quantitative estimate of drug-likeness (QED) is 0.780. The second-order valence-corrected chi connectivity index (χ2v) is 5.36. The van der Waals surface area contributed by atoms with Crippen molar-refractivity contribution in [3.63, 3.8) is 0 Å². The van der Waals surface area contributed by atoms with Crippen LogP contribution in [-0.4, -0.2) is 40.7 Å². The summed E-state index contributed by atoms with van der Waals surface area (Å²) in [5, 5.41) is -0.232. The van der Waals surface area contributed by atoms with Gasteiger partial charge in [-0.25, -0.2) is 0 Å². The summed E-state index contributed by atoms with van der Waals surface area (Å²) in [4.78, 5) is 35.8. The number of hydrogen-bond acceptors (Lipinski definition) is 5. The first kappa shape index (κ1) is 14.6. The van der Waals surface area contributed by atoms with Gasteiger partial charge in [-0.3, -0.25) is 19.3 Å². The zero-order valence-corrected chi connectivity index (χ0v) is 11.9. The number of ether oxygens (including phenoxy) is 1. The average molecular weight is 293 g/mol. The van der Waals surface area contributed by atoms with Crippen LogP contribution in [0.25, 0.3) is 0 Å². The summed E-state index contributed by atoms with van der Waals surface area (Å²) >= 11 is 1.14. The molecule has 2 rings (SSSR count). The molecule has 0 bridgehead atoms. The molecule has 0 spiro atoms. The molecule has 1 aromatic carbocycles. The number of hydrogen-bond donors (Lipinski definition) is 0. The van der Waals surface area contributed by atoms with E-state index in [0.717, 1.165) is 11.8 Å². The number of amides is 2. The molecule has 1 heterocycles. The Balaban J connectivity index is 1.94. The van der Waals surface area contributed by atoms with Crippen LogP contribution in [0.5, 0.6) is 5.75 Å². The fourth-order valence-corrected chi connectivity index (χ4v) is 2.69. The SMILES string of the molecule is CC(=O)c1ccccc1OCCN1C(=O)CCSC1=O. The Morgan fingerprint density at radius 1 is 1.35 bits per heavy atom. The van der Waals surface area contributed by atoms with Gasteiger partial charge in [-0.05, 0) is 19.1 Å². The molecule has 0 N–H and O–H groups in total. The van der Waals surface area contributed by atoms with Gasteiger partial charge in [0, 0.05) is 12.2 Å². The Labute approximate surface area is 121 Å². The zero-order chi connectivity index (χ0) is 14.5. The van der Waals surface area contributed by atoms with Gasteiger partial charge in [0.05, 0.1) is 12.1 Å². The highest BCUT2D eigenvalue weighted by atomic mass is 32.2. The fraction of sp³-hybridized carbons (Fsp3) is 0.357. The van der Waals surface area contributed by atoms with Gasteiger partial charge < -0.3 is 4.74 Å². The van der Waals surface area contributed by atoms with Crippen molar-refractivity contribution < 1.29 is 19.1 Å². The van der Waals surface area contributed by atoms with E-state index in [9.17, 15) is 14.4 Å². The standard InChI is InChI=1S/C14H15NO4S/c1-10(16)11-4-2-3-5-12(11)19-8-7-15-13(17)6-9-20-14(15)18/h2-5H,6-9H2,1H3. The first-order valence-electron chi connectivity index (χ1n) is 6.29. The van der Waals surface area contributed by atoms with Crippen LogP contribution in [0.15, 0.2) is 24.3 Å². The van der Waals surface area contributed by atoms with Crippen molar-refractivity contribution in [2.75, 3.05) is 18.9 Å². The summed E-state index contributed by atoms with van der Waals surface area (Å²) in [7, 11) is 0. The summed E-state index contributed by atoms with van der Waals surface area (Å²) in [5.41, 5.74) is 0.498. The predicted molar refractivity (Wildman–Crippen MR) is 76.1 cm³/mol. The van der Waals surface area contributed by atoms with Crippen LogP contribution in [0.3, 0.4) is 0 Å². The number of ketones is 1. The van der Waals surface area contributed by atoms with Gasteiger partial charge in [0.1, 0.15) is 12.4 Å². The van der Waals surface area contributed by atoms with E-state index in [0.29, 0.717) is 23.5 Å². The minimum Gasteiger partial charge on any atom is -0.491 e. The van der Waals surface area contributed by atoms with E-state index in [-0.39, 0.29) is 30.1 Å². The molecule has 1 fully saturated rings. The van der Waals surface area contributed by atoms with Crippen LogP contribution in [0.2, 0.25) is 0 Å². The number of thioether (sulfide) groups is 1. The Morgan fingerprint density at radius 2 is 2.10 bits per heavy atom. The molecule has 1 aliphatic heterocycles. The molecule has 5 nitrogen and oxygen atoms in total. The van der Waals surface area contributed by atoms with Gasteiger partial charge in [0.15, 0.2) is 5.78 Å². The maximum atomic E-state index is 11.6. The van der Waals surface area contributed by atoms with Crippen molar-refractivity contribution >= 4 is 28.7 Å². The number of imide groups is 1. The third-order valence-electron chi connectivity index (χ3n) is 2.90.